The zero-order valence-corrected chi connectivity index (χ0v) is 12.3. The Bertz CT molecular complexity index is 820. The lowest BCUT2D eigenvalue weighted by molar-refractivity contribution is 0.355. The molecule has 0 spiro atoms. The van der Waals surface area contributed by atoms with E-state index in [1.54, 1.807) is 6.07 Å². The Morgan fingerprint density at radius 1 is 1.38 bits per heavy atom. The number of H-pyrrole nitrogens is 1. The van der Waals surface area contributed by atoms with Gasteiger partial charge >= 0.3 is 5.76 Å². The molecule has 0 atom stereocenters. The molecule has 1 aromatic carbocycles. The van der Waals surface area contributed by atoms with E-state index in [9.17, 15) is 4.79 Å². The van der Waals surface area contributed by atoms with E-state index in [4.69, 9.17) is 4.42 Å². The van der Waals surface area contributed by atoms with Crippen molar-refractivity contribution < 1.29 is 4.42 Å². The summed E-state index contributed by atoms with van der Waals surface area (Å²) in [7, 11) is 0. The number of anilines is 1. The van der Waals surface area contributed by atoms with E-state index < -0.39 is 5.76 Å². The monoisotopic (exact) mass is 286 g/mol. The zero-order chi connectivity index (χ0) is 15.0. The smallest absolute Gasteiger partial charge is 0.408 e. The van der Waals surface area contributed by atoms with Crippen molar-refractivity contribution in [2.24, 2.45) is 0 Å². The van der Waals surface area contributed by atoms with Crippen LogP contribution in [0.25, 0.3) is 11.1 Å². The van der Waals surface area contributed by atoms with Gasteiger partial charge in [-0.2, -0.15) is 5.10 Å². The second-order valence-electron chi connectivity index (χ2n) is 6.04. The number of fused-ring (bicyclic) bond motifs is 1. The van der Waals surface area contributed by atoms with Crippen molar-refractivity contribution in [2.75, 3.05) is 5.32 Å². The predicted molar refractivity (Wildman–Crippen MR) is 81.4 cm³/mol. The van der Waals surface area contributed by atoms with Crippen molar-refractivity contribution in [3.63, 3.8) is 0 Å². The Kier molecular flexibility index (Phi) is 3.08. The number of hydrogen-bond acceptors (Lipinski definition) is 4. The van der Waals surface area contributed by atoms with Crippen LogP contribution >= 0.6 is 0 Å². The minimum absolute atomic E-state index is 0.0204. The number of nitrogens with zero attached hydrogens (tertiary/aromatic N) is 2. The topological polar surface area (TPSA) is 75.8 Å². The molecule has 2 aromatic heterocycles. The molecular weight excluding hydrogens is 268 g/mol. The first-order valence-electron chi connectivity index (χ1n) is 6.82. The van der Waals surface area contributed by atoms with Gasteiger partial charge in [0.15, 0.2) is 5.58 Å². The lowest BCUT2D eigenvalue weighted by Gasteiger charge is -2.18. The van der Waals surface area contributed by atoms with Gasteiger partial charge in [-0.3, -0.25) is 9.67 Å². The van der Waals surface area contributed by atoms with Crippen LogP contribution in [0.5, 0.6) is 0 Å². The van der Waals surface area contributed by atoms with Crippen LogP contribution in [-0.2, 0) is 12.1 Å². The van der Waals surface area contributed by atoms with E-state index in [2.05, 4.69) is 36.2 Å². The number of oxazole rings is 1. The lowest BCUT2D eigenvalue weighted by atomic mass is 10.1. The van der Waals surface area contributed by atoms with Crippen molar-refractivity contribution in [2.45, 2.75) is 32.9 Å². The van der Waals surface area contributed by atoms with Crippen molar-refractivity contribution in [1.29, 1.82) is 0 Å². The maximum atomic E-state index is 11.1. The maximum absolute atomic E-state index is 11.1. The van der Waals surface area contributed by atoms with Gasteiger partial charge < -0.3 is 9.73 Å². The average Bonchev–Trinajstić information content (AvgIpc) is 3.00. The van der Waals surface area contributed by atoms with Gasteiger partial charge in [-0.1, -0.05) is 0 Å². The first-order chi connectivity index (χ1) is 9.91. The summed E-state index contributed by atoms with van der Waals surface area (Å²) < 4.78 is 6.92. The number of rotatable bonds is 3. The van der Waals surface area contributed by atoms with Gasteiger partial charge in [0.2, 0.25) is 0 Å². The van der Waals surface area contributed by atoms with Crippen molar-refractivity contribution >= 4 is 16.8 Å². The second kappa shape index (κ2) is 4.80. The third-order valence-electron chi connectivity index (χ3n) is 3.24. The summed E-state index contributed by atoms with van der Waals surface area (Å²) >= 11 is 0. The molecule has 0 fully saturated rings. The quantitative estimate of drug-likeness (QED) is 0.776. The molecule has 21 heavy (non-hydrogen) atoms. The molecular formula is C15H18N4O2. The highest BCUT2D eigenvalue weighted by Gasteiger charge is 2.13. The summed E-state index contributed by atoms with van der Waals surface area (Å²) in [6, 6.07) is 5.51. The molecule has 0 aliphatic rings. The minimum Gasteiger partial charge on any atom is -0.408 e. The summed E-state index contributed by atoms with van der Waals surface area (Å²) in [4.78, 5) is 13.8. The number of nitrogens with one attached hydrogen (secondary N) is 2. The molecule has 3 aromatic rings. The zero-order valence-electron chi connectivity index (χ0n) is 12.3. The number of hydrogen-bond donors (Lipinski definition) is 2. The third kappa shape index (κ3) is 2.84. The third-order valence-corrected chi connectivity index (χ3v) is 3.24. The Morgan fingerprint density at radius 3 is 2.90 bits per heavy atom. The number of aromatic amines is 1. The molecule has 0 unspecified atom stereocenters. The Labute approximate surface area is 121 Å². The molecule has 3 rings (SSSR count). The van der Waals surface area contributed by atoms with Crippen LogP contribution in [0.1, 0.15) is 26.3 Å². The van der Waals surface area contributed by atoms with Crippen molar-refractivity contribution in [3.05, 3.63) is 46.7 Å². The summed E-state index contributed by atoms with van der Waals surface area (Å²) in [5, 5.41) is 7.68. The first-order valence-corrected chi connectivity index (χ1v) is 6.82. The summed E-state index contributed by atoms with van der Waals surface area (Å²) in [5.74, 6) is -0.436. The van der Waals surface area contributed by atoms with Crippen LogP contribution in [-0.4, -0.2) is 14.8 Å². The normalized spacial score (nSPS) is 12.0. The number of benzene rings is 1. The van der Waals surface area contributed by atoms with Gasteiger partial charge in [0, 0.05) is 24.0 Å². The molecule has 0 saturated heterocycles. The fourth-order valence-corrected chi connectivity index (χ4v) is 2.08. The maximum Gasteiger partial charge on any atom is 0.417 e. The largest absolute Gasteiger partial charge is 0.417 e. The molecule has 2 N–H and O–H groups in total. The molecule has 0 aliphatic carbocycles. The van der Waals surface area contributed by atoms with Crippen LogP contribution in [0.2, 0.25) is 0 Å². The molecule has 6 heteroatoms. The summed E-state index contributed by atoms with van der Waals surface area (Å²) in [6.45, 7) is 7.00. The molecule has 110 valence electrons. The molecule has 0 saturated carbocycles. The van der Waals surface area contributed by atoms with Crippen LogP contribution in [0.3, 0.4) is 0 Å². The van der Waals surface area contributed by atoms with Crippen LogP contribution in [0.4, 0.5) is 5.69 Å². The van der Waals surface area contributed by atoms with Gasteiger partial charge in [0.1, 0.15) is 0 Å². The van der Waals surface area contributed by atoms with E-state index in [0.29, 0.717) is 17.6 Å². The molecule has 0 aliphatic heterocycles. The van der Waals surface area contributed by atoms with E-state index in [-0.39, 0.29) is 5.54 Å². The Hall–Kier alpha value is -2.50. The average molecular weight is 286 g/mol. The first kappa shape index (κ1) is 13.5. The lowest BCUT2D eigenvalue weighted by Crippen LogP contribution is -2.21. The fraction of sp³-hybridized carbons (Fsp3) is 0.333. The van der Waals surface area contributed by atoms with Crippen LogP contribution < -0.4 is 11.1 Å². The van der Waals surface area contributed by atoms with Gasteiger partial charge in [0.25, 0.3) is 0 Å². The van der Waals surface area contributed by atoms with E-state index in [0.717, 1.165) is 11.3 Å². The highest BCUT2D eigenvalue weighted by molar-refractivity contribution is 5.76. The van der Waals surface area contributed by atoms with Crippen molar-refractivity contribution in [3.8, 4) is 0 Å². The van der Waals surface area contributed by atoms with Crippen LogP contribution in [0.15, 0.2) is 39.8 Å². The van der Waals surface area contributed by atoms with Gasteiger partial charge in [-0.05, 0) is 39.0 Å². The van der Waals surface area contributed by atoms with Gasteiger partial charge in [0.05, 0.1) is 17.3 Å². The molecule has 0 radical (unpaired) electrons. The predicted octanol–water partition coefficient (Wildman–Crippen LogP) is 2.68. The van der Waals surface area contributed by atoms with Crippen LogP contribution in [0, 0.1) is 0 Å². The molecule has 6 nitrogen and oxygen atoms in total. The molecule has 0 amide bonds. The summed E-state index contributed by atoms with van der Waals surface area (Å²) in [5.41, 5.74) is 3.25. The van der Waals surface area contributed by atoms with E-state index in [1.807, 2.05) is 29.2 Å². The molecule has 0 bridgehead atoms. The SMILES string of the molecule is CC(C)(C)n1cc(CNc2ccc3oc(=O)[nH]c3c2)cn1. The van der Waals surface area contributed by atoms with Gasteiger partial charge in [-0.15, -0.1) is 0 Å². The van der Waals surface area contributed by atoms with Gasteiger partial charge in [-0.25, -0.2) is 4.79 Å². The second-order valence-corrected chi connectivity index (χ2v) is 6.04. The molecule has 2 heterocycles. The Morgan fingerprint density at radius 2 is 2.19 bits per heavy atom. The Balaban J connectivity index is 1.74. The number of aromatic nitrogens is 3. The van der Waals surface area contributed by atoms with Crippen molar-refractivity contribution in [1.82, 2.24) is 14.8 Å². The standard InChI is InChI=1S/C15H18N4O2/c1-15(2,3)19-9-10(8-17-19)7-16-11-4-5-13-12(6-11)18-14(20)21-13/h4-6,8-9,16H,7H2,1-3H3,(H,18,20). The minimum atomic E-state index is -0.436. The van der Waals surface area contributed by atoms with E-state index >= 15 is 0 Å². The van der Waals surface area contributed by atoms with E-state index in [1.165, 1.54) is 0 Å². The summed E-state index contributed by atoms with van der Waals surface area (Å²) in [6.07, 6.45) is 3.89. The highest BCUT2D eigenvalue weighted by atomic mass is 16.4. The fourth-order valence-electron chi connectivity index (χ4n) is 2.08. The highest BCUT2D eigenvalue weighted by Crippen LogP contribution is 2.18.